The summed E-state index contributed by atoms with van der Waals surface area (Å²) in [6.07, 6.45) is 1.44. The van der Waals surface area contributed by atoms with Gasteiger partial charge in [0.25, 0.3) is 5.91 Å². The van der Waals surface area contributed by atoms with E-state index < -0.39 is 9.84 Å². The Hall–Kier alpha value is -1.96. The molecule has 1 aromatic heterocycles. The molecule has 0 spiro atoms. The molecule has 2 amide bonds. The van der Waals surface area contributed by atoms with Gasteiger partial charge in [0.1, 0.15) is 5.82 Å². The zero-order valence-corrected chi connectivity index (χ0v) is 13.6. The largest absolute Gasteiger partial charge is 0.337 e. The highest BCUT2D eigenvalue weighted by atomic mass is 32.2. The number of carbonyl (C=O) groups is 2. The van der Waals surface area contributed by atoms with E-state index in [0.29, 0.717) is 11.4 Å². The Balaban J connectivity index is 2.09. The first-order valence-corrected chi connectivity index (χ1v) is 8.76. The summed E-state index contributed by atoms with van der Waals surface area (Å²) < 4.78 is 22.4. The summed E-state index contributed by atoms with van der Waals surface area (Å²) in [5.41, 5.74) is 0.362. The van der Waals surface area contributed by atoms with Crippen LogP contribution in [0.5, 0.6) is 0 Å². The summed E-state index contributed by atoms with van der Waals surface area (Å²) in [7, 11) is -1.41. The average Bonchev–Trinajstić information content (AvgIpc) is 2.43. The third-order valence-electron chi connectivity index (χ3n) is 3.54. The van der Waals surface area contributed by atoms with Crippen LogP contribution in [-0.2, 0) is 14.6 Å². The second-order valence-electron chi connectivity index (χ2n) is 5.72. The minimum absolute atomic E-state index is 0.00271. The lowest BCUT2D eigenvalue weighted by Crippen LogP contribution is -2.53. The number of amides is 2. The monoisotopic (exact) mass is 325 g/mol. The average molecular weight is 325 g/mol. The van der Waals surface area contributed by atoms with Crippen molar-refractivity contribution in [1.82, 2.24) is 9.88 Å². The SMILES string of the molecule is CC(C)C(=O)Nc1cc(C(=O)N(C)C2CS(=O)(=O)C2)ccn1. The Morgan fingerprint density at radius 3 is 2.55 bits per heavy atom. The Kier molecular flexibility index (Phi) is 4.50. The maximum atomic E-state index is 12.4. The fourth-order valence-electron chi connectivity index (χ4n) is 2.03. The van der Waals surface area contributed by atoms with Crippen LogP contribution in [0.1, 0.15) is 24.2 Å². The molecule has 0 atom stereocenters. The zero-order valence-electron chi connectivity index (χ0n) is 12.7. The van der Waals surface area contributed by atoms with Crippen molar-refractivity contribution in [3.63, 3.8) is 0 Å². The third-order valence-corrected chi connectivity index (χ3v) is 5.33. The van der Waals surface area contributed by atoms with Gasteiger partial charge >= 0.3 is 0 Å². The highest BCUT2D eigenvalue weighted by Gasteiger charge is 2.38. The minimum Gasteiger partial charge on any atom is -0.337 e. The van der Waals surface area contributed by atoms with Gasteiger partial charge in [0.15, 0.2) is 9.84 Å². The number of carbonyl (C=O) groups excluding carboxylic acids is 2. The Morgan fingerprint density at radius 2 is 2.00 bits per heavy atom. The molecule has 22 heavy (non-hydrogen) atoms. The molecule has 2 rings (SSSR count). The summed E-state index contributed by atoms with van der Waals surface area (Å²) >= 11 is 0. The normalized spacial score (nSPS) is 16.9. The summed E-state index contributed by atoms with van der Waals surface area (Å²) in [5.74, 6) is -0.366. The fraction of sp³-hybridized carbons (Fsp3) is 0.500. The predicted molar refractivity (Wildman–Crippen MR) is 82.2 cm³/mol. The van der Waals surface area contributed by atoms with Gasteiger partial charge in [-0.3, -0.25) is 9.59 Å². The number of aromatic nitrogens is 1. The highest BCUT2D eigenvalue weighted by Crippen LogP contribution is 2.19. The first-order valence-electron chi connectivity index (χ1n) is 6.94. The molecule has 7 nitrogen and oxygen atoms in total. The smallest absolute Gasteiger partial charge is 0.254 e. The number of hydrogen-bond donors (Lipinski definition) is 1. The Bertz CT molecular complexity index is 688. The van der Waals surface area contributed by atoms with Crippen molar-refractivity contribution < 1.29 is 18.0 Å². The lowest BCUT2D eigenvalue weighted by atomic mass is 10.2. The molecule has 1 aromatic rings. The van der Waals surface area contributed by atoms with E-state index in [1.807, 2.05) is 0 Å². The number of pyridine rings is 1. The van der Waals surface area contributed by atoms with Crippen molar-refractivity contribution in [2.24, 2.45) is 5.92 Å². The quantitative estimate of drug-likeness (QED) is 0.872. The van der Waals surface area contributed by atoms with Crippen LogP contribution in [0.15, 0.2) is 18.3 Å². The van der Waals surface area contributed by atoms with E-state index in [0.717, 1.165) is 0 Å². The van der Waals surface area contributed by atoms with Crippen molar-refractivity contribution in [3.8, 4) is 0 Å². The molecule has 1 fully saturated rings. The molecule has 120 valence electrons. The Morgan fingerprint density at radius 1 is 1.36 bits per heavy atom. The van der Waals surface area contributed by atoms with Crippen molar-refractivity contribution in [2.45, 2.75) is 19.9 Å². The van der Waals surface area contributed by atoms with E-state index in [9.17, 15) is 18.0 Å². The van der Waals surface area contributed by atoms with E-state index >= 15 is 0 Å². The van der Waals surface area contributed by atoms with Crippen LogP contribution in [0.4, 0.5) is 5.82 Å². The third kappa shape index (κ3) is 3.62. The molecule has 0 aliphatic carbocycles. The van der Waals surface area contributed by atoms with Crippen LogP contribution in [0, 0.1) is 5.92 Å². The van der Waals surface area contributed by atoms with Crippen LogP contribution in [0.2, 0.25) is 0 Å². The fourth-order valence-corrected chi connectivity index (χ4v) is 3.56. The zero-order chi connectivity index (χ0) is 16.5. The second kappa shape index (κ2) is 6.04. The van der Waals surface area contributed by atoms with Gasteiger partial charge in [-0.25, -0.2) is 13.4 Å². The number of rotatable bonds is 4. The highest BCUT2D eigenvalue weighted by molar-refractivity contribution is 7.92. The molecule has 1 saturated heterocycles. The first kappa shape index (κ1) is 16.4. The van der Waals surface area contributed by atoms with Gasteiger partial charge in [0.2, 0.25) is 5.91 Å². The standard InChI is InChI=1S/C14H19N3O4S/c1-9(2)13(18)16-12-6-10(4-5-15-12)14(19)17(3)11-7-22(20,21)8-11/h4-6,9,11H,7-8H2,1-3H3,(H,15,16,18). The number of nitrogens with one attached hydrogen (secondary N) is 1. The van der Waals surface area contributed by atoms with Gasteiger partial charge in [0, 0.05) is 24.7 Å². The number of nitrogens with zero attached hydrogens (tertiary/aromatic N) is 2. The van der Waals surface area contributed by atoms with E-state index in [1.165, 1.54) is 23.2 Å². The van der Waals surface area contributed by atoms with Crippen LogP contribution in [0.25, 0.3) is 0 Å². The van der Waals surface area contributed by atoms with Crippen molar-refractivity contribution in [1.29, 1.82) is 0 Å². The number of anilines is 1. The van der Waals surface area contributed by atoms with Crippen molar-refractivity contribution in [3.05, 3.63) is 23.9 Å². The molecule has 1 aliphatic rings. The Labute approximate surface area is 129 Å². The summed E-state index contributed by atoms with van der Waals surface area (Å²) in [6, 6.07) is 2.74. The number of hydrogen-bond acceptors (Lipinski definition) is 5. The minimum atomic E-state index is -2.99. The molecule has 0 aromatic carbocycles. The molecular weight excluding hydrogens is 306 g/mol. The molecule has 0 radical (unpaired) electrons. The molecule has 0 unspecified atom stereocenters. The first-order chi connectivity index (χ1) is 10.2. The molecule has 0 saturated carbocycles. The number of sulfone groups is 1. The predicted octanol–water partition coefficient (Wildman–Crippen LogP) is 0.545. The lowest BCUT2D eigenvalue weighted by molar-refractivity contribution is -0.118. The van der Waals surface area contributed by atoms with E-state index in [4.69, 9.17) is 0 Å². The van der Waals surface area contributed by atoms with Crippen LogP contribution < -0.4 is 5.32 Å². The molecular formula is C14H19N3O4S. The molecule has 1 aliphatic heterocycles. The van der Waals surface area contributed by atoms with Crippen LogP contribution in [-0.4, -0.2) is 54.7 Å². The molecule has 1 N–H and O–H groups in total. The van der Waals surface area contributed by atoms with Crippen LogP contribution in [0.3, 0.4) is 0 Å². The van der Waals surface area contributed by atoms with Crippen LogP contribution >= 0.6 is 0 Å². The van der Waals surface area contributed by atoms with Gasteiger partial charge in [-0.1, -0.05) is 13.8 Å². The molecule has 8 heteroatoms. The second-order valence-corrected chi connectivity index (χ2v) is 7.87. The van der Waals surface area contributed by atoms with Crippen molar-refractivity contribution in [2.75, 3.05) is 23.9 Å². The van der Waals surface area contributed by atoms with E-state index in [-0.39, 0.29) is 35.3 Å². The van der Waals surface area contributed by atoms with Gasteiger partial charge in [-0.15, -0.1) is 0 Å². The van der Waals surface area contributed by atoms with Gasteiger partial charge < -0.3 is 10.2 Å². The maximum absolute atomic E-state index is 12.4. The van der Waals surface area contributed by atoms with E-state index in [1.54, 1.807) is 20.9 Å². The van der Waals surface area contributed by atoms with E-state index in [2.05, 4.69) is 10.3 Å². The maximum Gasteiger partial charge on any atom is 0.254 e. The molecule has 0 bridgehead atoms. The summed E-state index contributed by atoms with van der Waals surface area (Å²) in [4.78, 5) is 29.4. The summed E-state index contributed by atoms with van der Waals surface area (Å²) in [5, 5.41) is 2.63. The lowest BCUT2D eigenvalue weighted by Gasteiger charge is -2.34. The summed E-state index contributed by atoms with van der Waals surface area (Å²) in [6.45, 7) is 3.52. The van der Waals surface area contributed by atoms with Crippen molar-refractivity contribution >= 4 is 27.5 Å². The van der Waals surface area contributed by atoms with Gasteiger partial charge in [-0.2, -0.15) is 0 Å². The van der Waals surface area contributed by atoms with Gasteiger partial charge in [-0.05, 0) is 12.1 Å². The van der Waals surface area contributed by atoms with Gasteiger partial charge in [0.05, 0.1) is 17.5 Å². The molecule has 2 heterocycles. The topological polar surface area (TPSA) is 96.4 Å².